The molecule has 4 rings (SSSR count). The van der Waals surface area contributed by atoms with Gasteiger partial charge < -0.3 is 4.57 Å². The van der Waals surface area contributed by atoms with E-state index in [1.165, 1.54) is 34.3 Å². The second kappa shape index (κ2) is 7.75. The summed E-state index contributed by atoms with van der Waals surface area (Å²) in [5.74, 6) is -0.187. The summed E-state index contributed by atoms with van der Waals surface area (Å²) in [5.41, 5.74) is -0.450. The fourth-order valence-corrected chi connectivity index (χ4v) is 3.52. The van der Waals surface area contributed by atoms with E-state index in [2.05, 4.69) is 20.6 Å². The van der Waals surface area contributed by atoms with Gasteiger partial charge in [-0.1, -0.05) is 24.3 Å². The Morgan fingerprint density at radius 2 is 1.93 bits per heavy atom. The Kier molecular flexibility index (Phi) is 5.12. The summed E-state index contributed by atoms with van der Waals surface area (Å²) < 4.78 is 42.4. The van der Waals surface area contributed by atoms with Crippen molar-refractivity contribution in [3.05, 3.63) is 71.1 Å². The average molecular weight is 432 g/mol. The summed E-state index contributed by atoms with van der Waals surface area (Å²) in [6.07, 6.45) is 0.865. The molecular formula is C19H15F3N6OS. The van der Waals surface area contributed by atoms with Crippen molar-refractivity contribution in [3.8, 4) is 11.5 Å². The number of nitrogens with one attached hydrogen (secondary N) is 1. The lowest BCUT2D eigenvalue weighted by molar-refractivity contribution is -0.137. The summed E-state index contributed by atoms with van der Waals surface area (Å²) in [6.45, 7) is 1.93. The van der Waals surface area contributed by atoms with E-state index in [0.717, 1.165) is 17.1 Å². The van der Waals surface area contributed by atoms with Crippen LogP contribution in [0, 0.1) is 0 Å². The SMILES string of the molecule is CCc1nnc(NC(=O)c2cnn(-c3cccc(C(F)(F)F)c3)c2-n2cccc2)s1. The van der Waals surface area contributed by atoms with Crippen LogP contribution in [-0.4, -0.2) is 30.5 Å². The zero-order valence-electron chi connectivity index (χ0n) is 15.6. The van der Waals surface area contributed by atoms with E-state index in [-0.39, 0.29) is 11.3 Å². The molecule has 3 aromatic heterocycles. The van der Waals surface area contributed by atoms with Crippen LogP contribution in [0.3, 0.4) is 0 Å². The molecule has 0 saturated heterocycles. The van der Waals surface area contributed by atoms with Crippen LogP contribution in [-0.2, 0) is 12.6 Å². The van der Waals surface area contributed by atoms with Gasteiger partial charge in [0.05, 0.1) is 17.4 Å². The summed E-state index contributed by atoms with van der Waals surface area (Å²) in [4.78, 5) is 12.9. The van der Waals surface area contributed by atoms with Gasteiger partial charge in [-0.15, -0.1) is 10.2 Å². The van der Waals surface area contributed by atoms with Crippen LogP contribution in [0.4, 0.5) is 18.3 Å². The largest absolute Gasteiger partial charge is 0.416 e. The van der Waals surface area contributed by atoms with Crippen LogP contribution in [0.5, 0.6) is 0 Å². The second-order valence-corrected chi connectivity index (χ2v) is 7.30. The van der Waals surface area contributed by atoms with E-state index in [4.69, 9.17) is 0 Å². The van der Waals surface area contributed by atoms with Gasteiger partial charge in [0, 0.05) is 12.4 Å². The lowest BCUT2D eigenvalue weighted by Crippen LogP contribution is -2.15. The predicted molar refractivity (Wildman–Crippen MR) is 105 cm³/mol. The zero-order valence-corrected chi connectivity index (χ0v) is 16.4. The van der Waals surface area contributed by atoms with Gasteiger partial charge in [0.2, 0.25) is 5.13 Å². The smallest absolute Gasteiger partial charge is 0.308 e. The van der Waals surface area contributed by atoms with Crippen molar-refractivity contribution in [2.24, 2.45) is 0 Å². The summed E-state index contributed by atoms with van der Waals surface area (Å²) in [5, 5.41) is 15.9. The molecule has 1 aromatic carbocycles. The molecule has 4 aromatic rings. The van der Waals surface area contributed by atoms with E-state index in [0.29, 0.717) is 17.4 Å². The van der Waals surface area contributed by atoms with E-state index in [9.17, 15) is 18.0 Å². The molecule has 1 amide bonds. The summed E-state index contributed by atoms with van der Waals surface area (Å²) in [6, 6.07) is 8.24. The molecule has 0 saturated carbocycles. The minimum Gasteiger partial charge on any atom is -0.308 e. The minimum atomic E-state index is -4.49. The molecule has 0 bridgehead atoms. The fourth-order valence-electron chi connectivity index (χ4n) is 2.84. The standard InChI is InChI=1S/C19H15F3N6OS/c1-2-15-25-26-18(30-15)24-16(29)14-11-23-28(17(14)27-8-3-4-9-27)13-7-5-6-12(10-13)19(20,21)22/h3-11H,2H2,1H3,(H,24,26,29). The third-order valence-electron chi connectivity index (χ3n) is 4.25. The van der Waals surface area contributed by atoms with E-state index in [1.54, 1.807) is 29.1 Å². The highest BCUT2D eigenvalue weighted by molar-refractivity contribution is 7.15. The maximum absolute atomic E-state index is 13.2. The Labute approximate surface area is 172 Å². The normalized spacial score (nSPS) is 11.6. The molecule has 30 heavy (non-hydrogen) atoms. The van der Waals surface area contributed by atoms with Crippen LogP contribution in [0.25, 0.3) is 11.5 Å². The molecule has 0 aliphatic rings. The third-order valence-corrected chi connectivity index (χ3v) is 5.23. The third kappa shape index (κ3) is 3.83. The molecule has 154 valence electrons. The Hall–Kier alpha value is -3.47. The van der Waals surface area contributed by atoms with Gasteiger partial charge in [0.1, 0.15) is 10.6 Å². The topological polar surface area (TPSA) is 77.6 Å². The molecule has 0 fully saturated rings. The molecule has 0 spiro atoms. The number of hydrogen-bond donors (Lipinski definition) is 1. The number of alkyl halides is 3. The van der Waals surface area contributed by atoms with Gasteiger partial charge in [-0.3, -0.25) is 10.1 Å². The predicted octanol–water partition coefficient (Wildman–Crippen LogP) is 4.35. The van der Waals surface area contributed by atoms with E-state index >= 15 is 0 Å². The molecule has 0 unspecified atom stereocenters. The highest BCUT2D eigenvalue weighted by atomic mass is 32.1. The van der Waals surface area contributed by atoms with Crippen molar-refractivity contribution in [1.29, 1.82) is 0 Å². The van der Waals surface area contributed by atoms with E-state index in [1.807, 2.05) is 6.92 Å². The van der Waals surface area contributed by atoms with Crippen molar-refractivity contribution in [1.82, 2.24) is 24.5 Å². The fraction of sp³-hybridized carbons (Fsp3) is 0.158. The van der Waals surface area contributed by atoms with Crippen LogP contribution < -0.4 is 5.32 Å². The molecule has 7 nitrogen and oxygen atoms in total. The number of aryl methyl sites for hydroxylation is 1. The number of carbonyl (C=O) groups excluding carboxylic acids is 1. The van der Waals surface area contributed by atoms with Crippen molar-refractivity contribution in [2.45, 2.75) is 19.5 Å². The van der Waals surface area contributed by atoms with Gasteiger partial charge in [0.15, 0.2) is 5.82 Å². The Bertz CT molecular complexity index is 1180. The number of halogens is 3. The molecule has 0 aliphatic carbocycles. The van der Waals surface area contributed by atoms with Gasteiger partial charge in [-0.05, 0) is 36.8 Å². The molecule has 0 aliphatic heterocycles. The first kappa shape index (κ1) is 19.8. The maximum atomic E-state index is 13.2. The van der Waals surface area contributed by atoms with Crippen LogP contribution in [0.2, 0.25) is 0 Å². The highest BCUT2D eigenvalue weighted by Crippen LogP contribution is 2.31. The average Bonchev–Trinajstić information content (AvgIpc) is 3.46. The first-order chi connectivity index (χ1) is 14.4. The van der Waals surface area contributed by atoms with Gasteiger partial charge in [-0.2, -0.15) is 18.3 Å². The number of aromatic nitrogens is 5. The van der Waals surface area contributed by atoms with Gasteiger partial charge in [0.25, 0.3) is 5.91 Å². The van der Waals surface area contributed by atoms with Crippen molar-refractivity contribution in [3.63, 3.8) is 0 Å². The number of amides is 1. The quantitative estimate of drug-likeness (QED) is 0.509. The molecule has 0 radical (unpaired) electrons. The highest BCUT2D eigenvalue weighted by Gasteiger charge is 2.31. The molecule has 3 heterocycles. The van der Waals surface area contributed by atoms with Gasteiger partial charge in [-0.25, -0.2) is 4.68 Å². The van der Waals surface area contributed by atoms with Crippen molar-refractivity contribution >= 4 is 22.4 Å². The number of benzene rings is 1. The zero-order chi connectivity index (χ0) is 21.3. The van der Waals surface area contributed by atoms with Crippen molar-refractivity contribution in [2.75, 3.05) is 5.32 Å². The Morgan fingerprint density at radius 1 is 1.17 bits per heavy atom. The van der Waals surface area contributed by atoms with Crippen LogP contribution >= 0.6 is 11.3 Å². The maximum Gasteiger partial charge on any atom is 0.416 e. The monoisotopic (exact) mass is 432 g/mol. The van der Waals surface area contributed by atoms with Gasteiger partial charge >= 0.3 is 6.18 Å². The van der Waals surface area contributed by atoms with Crippen LogP contribution in [0.15, 0.2) is 55.0 Å². The molecule has 11 heteroatoms. The Morgan fingerprint density at radius 3 is 2.60 bits per heavy atom. The minimum absolute atomic E-state index is 0.178. The van der Waals surface area contributed by atoms with E-state index < -0.39 is 17.6 Å². The number of hydrogen-bond acceptors (Lipinski definition) is 5. The first-order valence-electron chi connectivity index (χ1n) is 8.89. The molecular weight excluding hydrogens is 417 g/mol. The Balaban J connectivity index is 1.76. The number of nitrogens with zero attached hydrogens (tertiary/aromatic N) is 5. The molecule has 0 atom stereocenters. The number of rotatable bonds is 5. The van der Waals surface area contributed by atoms with Crippen molar-refractivity contribution < 1.29 is 18.0 Å². The summed E-state index contributed by atoms with van der Waals surface area (Å²) >= 11 is 1.25. The number of anilines is 1. The van der Waals surface area contributed by atoms with Crippen LogP contribution in [0.1, 0.15) is 27.9 Å². The second-order valence-electron chi connectivity index (χ2n) is 6.24. The number of carbonyl (C=O) groups is 1. The lowest BCUT2D eigenvalue weighted by atomic mass is 10.2. The summed E-state index contributed by atoms with van der Waals surface area (Å²) in [7, 11) is 0. The molecule has 1 N–H and O–H groups in total. The first-order valence-corrected chi connectivity index (χ1v) is 9.71. The lowest BCUT2D eigenvalue weighted by Gasteiger charge is -2.13.